The predicted molar refractivity (Wildman–Crippen MR) is 51.8 cm³/mol. The molecular formula is C11H11NO2. The van der Waals surface area contributed by atoms with Crippen molar-refractivity contribution < 1.29 is 9.90 Å². The summed E-state index contributed by atoms with van der Waals surface area (Å²) in [5.74, 6) is -0.866. The number of nitriles is 1. The normalized spacial score (nSPS) is 9.43. The van der Waals surface area contributed by atoms with E-state index in [-0.39, 0.29) is 12.8 Å². The third-order valence-electron chi connectivity index (χ3n) is 1.97. The topological polar surface area (TPSA) is 61.1 Å². The Morgan fingerprint density at radius 1 is 1.50 bits per heavy atom. The summed E-state index contributed by atoms with van der Waals surface area (Å²) >= 11 is 0. The maximum absolute atomic E-state index is 10.6. The van der Waals surface area contributed by atoms with Gasteiger partial charge in [0.05, 0.1) is 18.9 Å². The SMILES string of the molecule is Cc1ccc(CC#N)c(CC(=O)O)c1. The minimum Gasteiger partial charge on any atom is -0.481 e. The minimum atomic E-state index is -0.866. The molecule has 0 saturated carbocycles. The van der Waals surface area contributed by atoms with Crippen LogP contribution in [0, 0.1) is 18.3 Å². The molecule has 1 aromatic carbocycles. The van der Waals surface area contributed by atoms with Crippen LogP contribution in [0.3, 0.4) is 0 Å². The van der Waals surface area contributed by atoms with Crippen molar-refractivity contribution in [2.75, 3.05) is 0 Å². The molecule has 0 unspecified atom stereocenters. The highest BCUT2D eigenvalue weighted by molar-refractivity contribution is 5.71. The van der Waals surface area contributed by atoms with Gasteiger partial charge in [-0.15, -0.1) is 0 Å². The van der Waals surface area contributed by atoms with Crippen LogP contribution >= 0.6 is 0 Å². The number of carboxylic acids is 1. The standard InChI is InChI=1S/C11H11NO2/c1-8-2-3-9(4-5-12)10(6-8)7-11(13)14/h2-3,6H,4,7H2,1H3,(H,13,14). The Kier molecular flexibility index (Phi) is 3.24. The van der Waals surface area contributed by atoms with Gasteiger partial charge < -0.3 is 5.11 Å². The molecule has 0 aliphatic rings. The van der Waals surface area contributed by atoms with E-state index in [4.69, 9.17) is 10.4 Å². The van der Waals surface area contributed by atoms with E-state index in [1.165, 1.54) is 0 Å². The molecule has 0 spiro atoms. The van der Waals surface area contributed by atoms with Crippen molar-refractivity contribution in [2.45, 2.75) is 19.8 Å². The number of aryl methyl sites for hydroxylation is 1. The summed E-state index contributed by atoms with van der Waals surface area (Å²) in [6, 6.07) is 7.55. The van der Waals surface area contributed by atoms with Gasteiger partial charge >= 0.3 is 5.97 Å². The molecule has 0 radical (unpaired) electrons. The summed E-state index contributed by atoms with van der Waals surface area (Å²) in [7, 11) is 0. The van der Waals surface area contributed by atoms with Crippen molar-refractivity contribution >= 4 is 5.97 Å². The van der Waals surface area contributed by atoms with E-state index in [1.807, 2.05) is 31.2 Å². The largest absolute Gasteiger partial charge is 0.481 e. The van der Waals surface area contributed by atoms with E-state index in [0.29, 0.717) is 0 Å². The zero-order valence-electron chi connectivity index (χ0n) is 7.95. The van der Waals surface area contributed by atoms with E-state index in [1.54, 1.807) is 0 Å². The second kappa shape index (κ2) is 4.43. The Balaban J connectivity index is 3.03. The molecule has 0 saturated heterocycles. The minimum absolute atomic E-state index is 0.0152. The summed E-state index contributed by atoms with van der Waals surface area (Å²) < 4.78 is 0. The molecule has 72 valence electrons. The molecule has 3 nitrogen and oxygen atoms in total. The van der Waals surface area contributed by atoms with Crippen LogP contribution in [0.25, 0.3) is 0 Å². The Morgan fingerprint density at radius 2 is 2.21 bits per heavy atom. The van der Waals surface area contributed by atoms with Crippen LogP contribution in [0.2, 0.25) is 0 Å². The number of nitrogens with zero attached hydrogens (tertiary/aromatic N) is 1. The predicted octanol–water partition coefficient (Wildman–Crippen LogP) is 1.69. The van der Waals surface area contributed by atoms with Gasteiger partial charge in [-0.25, -0.2) is 0 Å². The molecule has 1 rings (SSSR count). The van der Waals surface area contributed by atoms with Crippen LogP contribution in [0.1, 0.15) is 16.7 Å². The molecule has 0 fully saturated rings. The Hall–Kier alpha value is -1.82. The smallest absolute Gasteiger partial charge is 0.307 e. The number of hydrogen-bond acceptors (Lipinski definition) is 2. The number of aliphatic carboxylic acids is 1. The van der Waals surface area contributed by atoms with Crippen molar-refractivity contribution in [3.8, 4) is 6.07 Å². The highest BCUT2D eigenvalue weighted by Gasteiger charge is 2.06. The van der Waals surface area contributed by atoms with Crippen LogP contribution in [-0.2, 0) is 17.6 Å². The lowest BCUT2D eigenvalue weighted by Gasteiger charge is -2.05. The molecule has 1 aromatic rings. The summed E-state index contributed by atoms with van der Waals surface area (Å²) in [4.78, 5) is 10.6. The number of hydrogen-bond donors (Lipinski definition) is 1. The number of rotatable bonds is 3. The first-order valence-corrected chi connectivity index (χ1v) is 4.30. The number of benzene rings is 1. The van der Waals surface area contributed by atoms with Crippen LogP contribution in [0.5, 0.6) is 0 Å². The summed E-state index contributed by atoms with van der Waals surface area (Å²) in [6.45, 7) is 1.90. The Labute approximate surface area is 82.6 Å². The Bertz CT molecular complexity index is 391. The fraction of sp³-hybridized carbons (Fsp3) is 0.273. The maximum Gasteiger partial charge on any atom is 0.307 e. The van der Waals surface area contributed by atoms with Gasteiger partial charge in [-0.3, -0.25) is 4.79 Å². The fourth-order valence-electron chi connectivity index (χ4n) is 1.34. The van der Waals surface area contributed by atoms with Gasteiger partial charge in [0.2, 0.25) is 0 Å². The molecule has 0 aliphatic heterocycles. The third kappa shape index (κ3) is 2.60. The molecule has 0 atom stereocenters. The van der Waals surface area contributed by atoms with Crippen LogP contribution in [0.4, 0.5) is 0 Å². The number of carboxylic acid groups (broad SMARTS) is 1. The molecule has 1 N–H and O–H groups in total. The fourth-order valence-corrected chi connectivity index (χ4v) is 1.34. The maximum atomic E-state index is 10.6. The van der Waals surface area contributed by atoms with Crippen LogP contribution in [0.15, 0.2) is 18.2 Å². The van der Waals surface area contributed by atoms with E-state index < -0.39 is 5.97 Å². The van der Waals surface area contributed by atoms with E-state index in [2.05, 4.69) is 0 Å². The molecule has 14 heavy (non-hydrogen) atoms. The second-order valence-corrected chi connectivity index (χ2v) is 3.18. The molecule has 0 aromatic heterocycles. The molecular weight excluding hydrogens is 178 g/mol. The van der Waals surface area contributed by atoms with Gasteiger partial charge in [-0.05, 0) is 18.1 Å². The van der Waals surface area contributed by atoms with Gasteiger partial charge in [0, 0.05) is 0 Å². The highest BCUT2D eigenvalue weighted by Crippen LogP contribution is 2.13. The lowest BCUT2D eigenvalue weighted by atomic mass is 10.00. The number of carbonyl (C=O) groups is 1. The second-order valence-electron chi connectivity index (χ2n) is 3.18. The van der Waals surface area contributed by atoms with Crippen molar-refractivity contribution in [1.82, 2.24) is 0 Å². The van der Waals surface area contributed by atoms with Crippen LogP contribution < -0.4 is 0 Å². The Morgan fingerprint density at radius 3 is 2.79 bits per heavy atom. The van der Waals surface area contributed by atoms with Gasteiger partial charge in [-0.1, -0.05) is 23.8 Å². The lowest BCUT2D eigenvalue weighted by molar-refractivity contribution is -0.136. The van der Waals surface area contributed by atoms with Crippen molar-refractivity contribution in [3.63, 3.8) is 0 Å². The zero-order valence-corrected chi connectivity index (χ0v) is 7.95. The van der Waals surface area contributed by atoms with E-state index in [9.17, 15) is 4.79 Å². The monoisotopic (exact) mass is 189 g/mol. The molecule has 0 amide bonds. The summed E-state index contributed by atoms with van der Waals surface area (Å²) in [5, 5.41) is 17.2. The first kappa shape index (κ1) is 10.3. The van der Waals surface area contributed by atoms with E-state index >= 15 is 0 Å². The van der Waals surface area contributed by atoms with Crippen molar-refractivity contribution in [3.05, 3.63) is 34.9 Å². The molecule has 0 aliphatic carbocycles. The zero-order chi connectivity index (χ0) is 10.6. The van der Waals surface area contributed by atoms with Crippen LogP contribution in [-0.4, -0.2) is 11.1 Å². The van der Waals surface area contributed by atoms with E-state index in [0.717, 1.165) is 16.7 Å². The molecule has 3 heteroatoms. The third-order valence-corrected chi connectivity index (χ3v) is 1.97. The lowest BCUT2D eigenvalue weighted by Crippen LogP contribution is -2.03. The molecule has 0 bridgehead atoms. The highest BCUT2D eigenvalue weighted by atomic mass is 16.4. The van der Waals surface area contributed by atoms with Gasteiger partial charge in [-0.2, -0.15) is 5.26 Å². The average molecular weight is 189 g/mol. The first-order valence-electron chi connectivity index (χ1n) is 4.30. The van der Waals surface area contributed by atoms with Gasteiger partial charge in [0.1, 0.15) is 0 Å². The van der Waals surface area contributed by atoms with Crippen molar-refractivity contribution in [2.24, 2.45) is 0 Å². The first-order chi connectivity index (χ1) is 6.63. The quantitative estimate of drug-likeness (QED) is 0.787. The van der Waals surface area contributed by atoms with Gasteiger partial charge in [0.15, 0.2) is 0 Å². The summed E-state index contributed by atoms with van der Waals surface area (Å²) in [6.07, 6.45) is 0.252. The summed E-state index contributed by atoms with van der Waals surface area (Å²) in [5.41, 5.74) is 2.56. The van der Waals surface area contributed by atoms with Crippen molar-refractivity contribution in [1.29, 1.82) is 5.26 Å². The van der Waals surface area contributed by atoms with Gasteiger partial charge in [0.25, 0.3) is 0 Å². The average Bonchev–Trinajstić information content (AvgIpc) is 2.09. The molecule has 0 heterocycles.